The minimum Gasteiger partial charge on any atom is -0.505 e. The minimum absolute atomic E-state index is 0.00291. The Kier molecular flexibility index (Phi) is 5.11. The van der Waals surface area contributed by atoms with Crippen LogP contribution in [0.25, 0.3) is 0 Å². The van der Waals surface area contributed by atoms with E-state index in [1.165, 1.54) is 19.2 Å². The van der Waals surface area contributed by atoms with Crippen molar-refractivity contribution in [3.8, 4) is 5.75 Å². The minimum atomic E-state index is -0.398. The van der Waals surface area contributed by atoms with Gasteiger partial charge in [0.25, 0.3) is 5.91 Å². The Morgan fingerprint density at radius 3 is 2.32 bits per heavy atom. The van der Waals surface area contributed by atoms with Crippen LogP contribution in [-0.2, 0) is 9.53 Å². The summed E-state index contributed by atoms with van der Waals surface area (Å²) in [5, 5.41) is 12.2. The van der Waals surface area contributed by atoms with Crippen LogP contribution in [0.3, 0.4) is 0 Å². The third kappa shape index (κ3) is 3.61. The zero-order valence-electron chi connectivity index (χ0n) is 11.7. The van der Waals surface area contributed by atoms with Crippen LogP contribution < -0.4 is 5.32 Å². The van der Waals surface area contributed by atoms with E-state index in [2.05, 4.69) is 10.1 Å². The molecule has 0 bridgehead atoms. The van der Waals surface area contributed by atoms with Crippen LogP contribution >= 0.6 is 23.2 Å². The molecule has 1 aliphatic rings. The molecule has 0 heterocycles. The Labute approximate surface area is 137 Å². The first kappa shape index (κ1) is 16.4. The van der Waals surface area contributed by atoms with Crippen LogP contribution in [0.4, 0.5) is 0 Å². The molecule has 2 N–H and O–H groups in total. The van der Waals surface area contributed by atoms with Crippen LogP contribution in [0.1, 0.15) is 23.2 Å². The van der Waals surface area contributed by atoms with Crippen LogP contribution in [0.2, 0.25) is 10.0 Å². The van der Waals surface area contributed by atoms with Gasteiger partial charge in [-0.25, -0.2) is 4.79 Å². The number of carbonyl (C=O) groups excluding carboxylic acids is 2. The van der Waals surface area contributed by atoms with E-state index in [0.717, 1.165) is 0 Å². The number of ether oxygens (including phenoxy) is 1. The third-order valence-electron chi connectivity index (χ3n) is 3.15. The highest BCUT2D eigenvalue weighted by atomic mass is 35.5. The lowest BCUT2D eigenvalue weighted by atomic mass is 10.0. The Morgan fingerprint density at radius 2 is 1.82 bits per heavy atom. The van der Waals surface area contributed by atoms with Gasteiger partial charge in [-0.2, -0.15) is 0 Å². The van der Waals surface area contributed by atoms with Gasteiger partial charge in [0.05, 0.1) is 17.2 Å². The fraction of sp³-hybridized carbons (Fsp3) is 0.200. The highest BCUT2D eigenvalue weighted by Crippen LogP contribution is 2.32. The van der Waals surface area contributed by atoms with Crippen molar-refractivity contribution in [3.63, 3.8) is 0 Å². The maximum Gasteiger partial charge on any atom is 0.333 e. The summed E-state index contributed by atoms with van der Waals surface area (Å²) >= 11 is 11.6. The van der Waals surface area contributed by atoms with E-state index in [4.69, 9.17) is 23.2 Å². The number of phenols is 1. The van der Waals surface area contributed by atoms with E-state index in [0.29, 0.717) is 24.1 Å². The molecule has 7 heteroatoms. The van der Waals surface area contributed by atoms with Gasteiger partial charge < -0.3 is 15.2 Å². The molecule has 22 heavy (non-hydrogen) atoms. The second-order valence-electron chi connectivity index (χ2n) is 4.62. The maximum absolute atomic E-state index is 12.1. The maximum atomic E-state index is 12.1. The molecule has 1 aromatic rings. The molecule has 0 aromatic heterocycles. The van der Waals surface area contributed by atoms with Gasteiger partial charge in [-0.05, 0) is 31.1 Å². The summed E-state index contributed by atoms with van der Waals surface area (Å²) in [5.74, 6) is -1.04. The predicted octanol–water partition coefficient (Wildman–Crippen LogP) is 3.21. The van der Waals surface area contributed by atoms with E-state index < -0.39 is 5.91 Å². The molecular formula is C15H13Cl2NO4. The smallest absolute Gasteiger partial charge is 0.333 e. The Hall–Kier alpha value is -1.98. The standard InChI is InChI=1S/C15H13Cl2NO4/c1-22-15(21)8-2-4-10(5-3-8)18-14(20)9-6-11(16)13(19)12(17)7-9/h2,4,6-7,19H,3,5H2,1H3,(H,18,20). The van der Waals surface area contributed by atoms with Crippen molar-refractivity contribution in [1.82, 2.24) is 5.32 Å². The number of amides is 1. The summed E-state index contributed by atoms with van der Waals surface area (Å²) in [6, 6.07) is 2.66. The molecule has 116 valence electrons. The Bertz CT molecular complexity index is 672. The third-order valence-corrected chi connectivity index (χ3v) is 3.73. The van der Waals surface area contributed by atoms with E-state index >= 15 is 0 Å². The lowest BCUT2D eigenvalue weighted by molar-refractivity contribution is -0.136. The topological polar surface area (TPSA) is 75.6 Å². The van der Waals surface area contributed by atoms with Crippen molar-refractivity contribution in [2.45, 2.75) is 12.8 Å². The average Bonchev–Trinajstić information content (AvgIpc) is 2.52. The molecule has 2 rings (SSSR count). The molecule has 1 aromatic carbocycles. The van der Waals surface area contributed by atoms with Crippen LogP contribution in [0, 0.1) is 0 Å². The van der Waals surface area contributed by atoms with Crippen molar-refractivity contribution in [2.24, 2.45) is 0 Å². The highest BCUT2D eigenvalue weighted by molar-refractivity contribution is 6.37. The van der Waals surface area contributed by atoms with Crippen molar-refractivity contribution < 1.29 is 19.4 Å². The lowest BCUT2D eigenvalue weighted by Gasteiger charge is -2.14. The molecule has 0 fully saturated rings. The van der Waals surface area contributed by atoms with Gasteiger partial charge in [0.15, 0.2) is 5.75 Å². The molecule has 0 spiro atoms. The molecule has 0 radical (unpaired) electrons. The summed E-state index contributed by atoms with van der Waals surface area (Å²) in [7, 11) is 1.32. The summed E-state index contributed by atoms with van der Waals surface area (Å²) in [6.45, 7) is 0. The largest absolute Gasteiger partial charge is 0.505 e. The molecule has 1 aliphatic carbocycles. The first-order valence-corrected chi connectivity index (χ1v) is 7.15. The zero-order valence-corrected chi connectivity index (χ0v) is 13.2. The average molecular weight is 342 g/mol. The molecule has 1 amide bonds. The van der Waals surface area contributed by atoms with E-state index in [9.17, 15) is 14.7 Å². The normalized spacial score (nSPS) is 14.0. The number of methoxy groups -OCH3 is 1. The predicted molar refractivity (Wildman–Crippen MR) is 83.0 cm³/mol. The quantitative estimate of drug-likeness (QED) is 0.827. The monoisotopic (exact) mass is 341 g/mol. The Morgan fingerprint density at radius 1 is 1.18 bits per heavy atom. The first-order valence-electron chi connectivity index (χ1n) is 6.39. The molecule has 0 atom stereocenters. The van der Waals surface area contributed by atoms with E-state index in [1.807, 2.05) is 0 Å². The molecule has 0 saturated heterocycles. The number of carbonyl (C=O) groups is 2. The van der Waals surface area contributed by atoms with Gasteiger partial charge in [0.1, 0.15) is 0 Å². The number of allylic oxidation sites excluding steroid dienone is 3. The van der Waals surface area contributed by atoms with Crippen molar-refractivity contribution in [1.29, 1.82) is 0 Å². The number of benzene rings is 1. The van der Waals surface area contributed by atoms with Crippen LogP contribution in [0.5, 0.6) is 5.75 Å². The van der Waals surface area contributed by atoms with Gasteiger partial charge >= 0.3 is 5.97 Å². The van der Waals surface area contributed by atoms with E-state index in [1.54, 1.807) is 12.2 Å². The molecule has 0 unspecified atom stereocenters. The Balaban J connectivity index is 2.12. The van der Waals surface area contributed by atoms with Gasteiger partial charge in [0.2, 0.25) is 0 Å². The number of halogens is 2. The number of hydrogen-bond acceptors (Lipinski definition) is 4. The van der Waals surface area contributed by atoms with Crippen molar-refractivity contribution in [2.75, 3.05) is 7.11 Å². The summed E-state index contributed by atoms with van der Waals surface area (Å²) < 4.78 is 4.64. The van der Waals surface area contributed by atoms with Gasteiger partial charge in [0, 0.05) is 16.8 Å². The lowest BCUT2D eigenvalue weighted by Crippen LogP contribution is -2.24. The zero-order chi connectivity index (χ0) is 16.3. The number of aromatic hydroxyl groups is 1. The summed E-state index contributed by atoms with van der Waals surface area (Å²) in [4.78, 5) is 23.5. The number of hydrogen-bond donors (Lipinski definition) is 2. The van der Waals surface area contributed by atoms with Crippen LogP contribution in [-0.4, -0.2) is 24.1 Å². The molecular weight excluding hydrogens is 329 g/mol. The fourth-order valence-electron chi connectivity index (χ4n) is 1.96. The number of esters is 1. The fourth-order valence-corrected chi connectivity index (χ4v) is 2.44. The van der Waals surface area contributed by atoms with Gasteiger partial charge in [-0.1, -0.05) is 29.3 Å². The van der Waals surface area contributed by atoms with Crippen LogP contribution in [0.15, 0.2) is 35.6 Å². The molecule has 5 nitrogen and oxygen atoms in total. The second kappa shape index (κ2) is 6.85. The second-order valence-corrected chi connectivity index (χ2v) is 5.43. The summed E-state index contributed by atoms with van der Waals surface area (Å²) in [5.41, 5.74) is 1.45. The van der Waals surface area contributed by atoms with E-state index in [-0.39, 0.29) is 27.3 Å². The van der Waals surface area contributed by atoms with Gasteiger partial charge in [-0.3, -0.25) is 4.79 Å². The first-order chi connectivity index (χ1) is 10.4. The van der Waals surface area contributed by atoms with Crippen molar-refractivity contribution >= 4 is 35.1 Å². The number of rotatable bonds is 3. The van der Waals surface area contributed by atoms with Crippen molar-refractivity contribution in [3.05, 3.63) is 51.2 Å². The van der Waals surface area contributed by atoms with Gasteiger partial charge in [-0.15, -0.1) is 0 Å². The SMILES string of the molecule is COC(=O)C1=CC=C(NC(=O)c2cc(Cl)c(O)c(Cl)c2)CC1. The highest BCUT2D eigenvalue weighted by Gasteiger charge is 2.17. The number of phenolic OH excluding ortho intramolecular Hbond substituents is 1. The molecule has 0 aliphatic heterocycles. The number of nitrogens with one attached hydrogen (secondary N) is 1. The summed E-state index contributed by atoms with van der Waals surface area (Å²) in [6.07, 6.45) is 4.25. The molecule has 0 saturated carbocycles.